The van der Waals surface area contributed by atoms with E-state index in [9.17, 15) is 9.18 Å². The molecule has 0 aliphatic carbocycles. The molecule has 96 valence electrons. The highest BCUT2D eigenvalue weighted by molar-refractivity contribution is 5.45. The van der Waals surface area contributed by atoms with Crippen LogP contribution in [-0.2, 0) is 13.5 Å². The van der Waals surface area contributed by atoms with Crippen molar-refractivity contribution in [2.24, 2.45) is 7.05 Å². The van der Waals surface area contributed by atoms with Gasteiger partial charge in [-0.3, -0.25) is 9.48 Å². The molecule has 0 radical (unpaired) electrons. The molecule has 0 aliphatic heterocycles. The summed E-state index contributed by atoms with van der Waals surface area (Å²) in [5.41, 5.74) is 7.02. The molecule has 1 aromatic heterocycles. The van der Waals surface area contributed by atoms with Crippen LogP contribution in [0.25, 0.3) is 5.69 Å². The van der Waals surface area contributed by atoms with Crippen LogP contribution in [0.5, 0.6) is 0 Å². The molecule has 2 N–H and O–H groups in total. The molecule has 0 spiro atoms. The van der Waals surface area contributed by atoms with Gasteiger partial charge < -0.3 is 5.73 Å². The number of nitrogens with zero attached hydrogens (tertiary/aromatic N) is 2. The van der Waals surface area contributed by atoms with E-state index >= 15 is 0 Å². The summed E-state index contributed by atoms with van der Waals surface area (Å²) >= 11 is 0. The molecule has 0 aliphatic rings. The van der Waals surface area contributed by atoms with Crippen LogP contribution >= 0.6 is 0 Å². The molecule has 0 amide bonds. The third-order valence-corrected chi connectivity index (χ3v) is 2.96. The first-order valence-corrected chi connectivity index (χ1v) is 5.88. The van der Waals surface area contributed by atoms with Crippen LogP contribution < -0.4 is 11.3 Å². The summed E-state index contributed by atoms with van der Waals surface area (Å²) in [4.78, 5) is 12.1. The number of halogens is 1. The highest BCUT2D eigenvalue weighted by atomic mass is 19.1. The molecule has 0 atom stereocenters. The standard InChI is InChI=1S/C13H16FN3O/c1-3-5-11-12(15)13(18)17(16(11)2)10-7-4-6-9(14)8-10/h4,6-8H,3,5,15H2,1-2H3. The maximum Gasteiger partial charge on any atom is 0.294 e. The second-order valence-electron chi connectivity index (χ2n) is 4.23. The molecule has 1 heterocycles. The topological polar surface area (TPSA) is 53.0 Å². The summed E-state index contributed by atoms with van der Waals surface area (Å²) < 4.78 is 16.3. The Morgan fingerprint density at radius 2 is 2.11 bits per heavy atom. The van der Waals surface area contributed by atoms with Gasteiger partial charge in [0.15, 0.2) is 0 Å². The van der Waals surface area contributed by atoms with E-state index in [1.165, 1.54) is 16.8 Å². The van der Waals surface area contributed by atoms with Gasteiger partial charge in [-0.05, 0) is 24.6 Å². The first kappa shape index (κ1) is 12.4. The number of anilines is 1. The van der Waals surface area contributed by atoms with E-state index in [4.69, 9.17) is 5.73 Å². The van der Waals surface area contributed by atoms with Crippen molar-refractivity contribution < 1.29 is 4.39 Å². The van der Waals surface area contributed by atoms with Crippen LogP contribution in [0.3, 0.4) is 0 Å². The summed E-state index contributed by atoms with van der Waals surface area (Å²) in [5.74, 6) is -0.379. The Hall–Kier alpha value is -2.04. The van der Waals surface area contributed by atoms with Gasteiger partial charge in [0.2, 0.25) is 0 Å². The number of benzene rings is 1. The fourth-order valence-electron chi connectivity index (χ4n) is 2.10. The van der Waals surface area contributed by atoms with Crippen molar-refractivity contribution in [3.63, 3.8) is 0 Å². The van der Waals surface area contributed by atoms with Gasteiger partial charge >= 0.3 is 0 Å². The summed E-state index contributed by atoms with van der Waals surface area (Å²) in [7, 11) is 1.76. The summed E-state index contributed by atoms with van der Waals surface area (Å²) in [6, 6.07) is 5.91. The van der Waals surface area contributed by atoms with Crippen LogP contribution in [0.1, 0.15) is 19.0 Å². The zero-order valence-corrected chi connectivity index (χ0v) is 10.5. The van der Waals surface area contributed by atoms with Crippen molar-refractivity contribution in [2.75, 3.05) is 5.73 Å². The molecule has 0 fully saturated rings. The van der Waals surface area contributed by atoms with Gasteiger partial charge in [-0.25, -0.2) is 9.07 Å². The first-order valence-electron chi connectivity index (χ1n) is 5.88. The summed E-state index contributed by atoms with van der Waals surface area (Å²) in [5, 5.41) is 0. The van der Waals surface area contributed by atoms with E-state index in [-0.39, 0.29) is 17.1 Å². The molecular formula is C13H16FN3O. The Kier molecular flexibility index (Phi) is 3.23. The molecule has 0 unspecified atom stereocenters. The number of hydrogen-bond acceptors (Lipinski definition) is 2. The monoisotopic (exact) mass is 249 g/mol. The molecule has 2 aromatic rings. The Labute approximate surface area is 104 Å². The third-order valence-electron chi connectivity index (χ3n) is 2.96. The first-order chi connectivity index (χ1) is 8.56. The zero-order chi connectivity index (χ0) is 13.3. The number of nitrogens with two attached hydrogens (primary N) is 1. The molecule has 0 saturated heterocycles. The van der Waals surface area contributed by atoms with Crippen molar-refractivity contribution in [1.29, 1.82) is 0 Å². The van der Waals surface area contributed by atoms with E-state index in [0.717, 1.165) is 18.5 Å². The minimum atomic E-state index is -0.379. The lowest BCUT2D eigenvalue weighted by atomic mass is 10.2. The van der Waals surface area contributed by atoms with Gasteiger partial charge in [-0.1, -0.05) is 19.4 Å². The number of rotatable bonds is 3. The number of aromatic nitrogens is 2. The lowest BCUT2D eigenvalue weighted by molar-refractivity contribution is 0.596. The average Bonchev–Trinajstić information content (AvgIpc) is 2.54. The molecule has 5 heteroatoms. The number of nitrogen functional groups attached to an aromatic ring is 1. The van der Waals surface area contributed by atoms with Crippen molar-refractivity contribution in [3.05, 3.63) is 46.1 Å². The van der Waals surface area contributed by atoms with Gasteiger partial charge in [-0.2, -0.15) is 0 Å². The largest absolute Gasteiger partial charge is 0.393 e. The van der Waals surface area contributed by atoms with Gasteiger partial charge in [0.1, 0.15) is 11.5 Å². The summed E-state index contributed by atoms with van der Waals surface area (Å²) in [6.07, 6.45) is 1.62. The Morgan fingerprint density at radius 3 is 2.72 bits per heavy atom. The molecule has 4 nitrogen and oxygen atoms in total. The van der Waals surface area contributed by atoms with Crippen molar-refractivity contribution in [1.82, 2.24) is 9.36 Å². The van der Waals surface area contributed by atoms with E-state index < -0.39 is 0 Å². The lowest BCUT2D eigenvalue weighted by Gasteiger charge is -2.09. The smallest absolute Gasteiger partial charge is 0.294 e. The summed E-state index contributed by atoms with van der Waals surface area (Å²) in [6.45, 7) is 2.02. The van der Waals surface area contributed by atoms with E-state index in [1.54, 1.807) is 23.9 Å². The Bertz CT molecular complexity index is 628. The lowest BCUT2D eigenvalue weighted by Crippen LogP contribution is -2.20. The second kappa shape index (κ2) is 4.68. The van der Waals surface area contributed by atoms with E-state index in [2.05, 4.69) is 0 Å². The van der Waals surface area contributed by atoms with Crippen LogP contribution in [-0.4, -0.2) is 9.36 Å². The van der Waals surface area contributed by atoms with Crippen LogP contribution in [0.2, 0.25) is 0 Å². The Balaban J connectivity index is 2.65. The minimum Gasteiger partial charge on any atom is -0.393 e. The van der Waals surface area contributed by atoms with Gasteiger partial charge in [0, 0.05) is 7.05 Å². The average molecular weight is 249 g/mol. The Morgan fingerprint density at radius 1 is 1.39 bits per heavy atom. The highest BCUT2D eigenvalue weighted by Crippen LogP contribution is 2.14. The van der Waals surface area contributed by atoms with Crippen LogP contribution in [0.15, 0.2) is 29.1 Å². The fourth-order valence-corrected chi connectivity index (χ4v) is 2.10. The van der Waals surface area contributed by atoms with Gasteiger partial charge in [-0.15, -0.1) is 0 Å². The minimum absolute atomic E-state index is 0.239. The maximum atomic E-state index is 13.2. The van der Waals surface area contributed by atoms with E-state index in [1.807, 2.05) is 6.92 Å². The molecule has 1 aromatic carbocycles. The fraction of sp³-hybridized carbons (Fsp3) is 0.308. The highest BCUT2D eigenvalue weighted by Gasteiger charge is 2.15. The molecule has 2 rings (SSSR count). The van der Waals surface area contributed by atoms with Gasteiger partial charge in [0.25, 0.3) is 5.56 Å². The van der Waals surface area contributed by atoms with Crippen molar-refractivity contribution in [3.8, 4) is 5.69 Å². The van der Waals surface area contributed by atoms with E-state index in [0.29, 0.717) is 5.69 Å². The van der Waals surface area contributed by atoms with Crippen molar-refractivity contribution >= 4 is 5.69 Å². The van der Waals surface area contributed by atoms with Crippen LogP contribution in [0, 0.1) is 5.82 Å². The molecule has 0 saturated carbocycles. The normalized spacial score (nSPS) is 10.8. The van der Waals surface area contributed by atoms with Crippen molar-refractivity contribution in [2.45, 2.75) is 19.8 Å². The SMILES string of the molecule is CCCc1c(N)c(=O)n(-c2cccc(F)c2)n1C. The zero-order valence-electron chi connectivity index (χ0n) is 10.5. The quantitative estimate of drug-likeness (QED) is 0.902. The third kappa shape index (κ3) is 1.92. The predicted molar refractivity (Wildman–Crippen MR) is 69.4 cm³/mol. The molecule has 18 heavy (non-hydrogen) atoms. The second-order valence-corrected chi connectivity index (χ2v) is 4.23. The molecular weight excluding hydrogens is 233 g/mol. The maximum absolute atomic E-state index is 13.2. The van der Waals surface area contributed by atoms with Gasteiger partial charge in [0.05, 0.1) is 11.4 Å². The van der Waals surface area contributed by atoms with Crippen LogP contribution in [0.4, 0.5) is 10.1 Å². The predicted octanol–water partition coefficient (Wildman–Crippen LogP) is 1.85. The number of hydrogen-bond donors (Lipinski definition) is 1. The molecule has 0 bridgehead atoms.